The van der Waals surface area contributed by atoms with E-state index in [4.69, 9.17) is 4.74 Å². The maximum atomic E-state index is 5.92. The van der Waals surface area contributed by atoms with Gasteiger partial charge in [0.2, 0.25) is 0 Å². The van der Waals surface area contributed by atoms with Gasteiger partial charge in [-0.3, -0.25) is 4.98 Å². The number of hydrogen-bond acceptors (Lipinski definition) is 5. The molecule has 4 nitrogen and oxygen atoms in total. The smallest absolute Gasteiger partial charge is 0.123 e. The van der Waals surface area contributed by atoms with Gasteiger partial charge in [0.05, 0.1) is 22.2 Å². The molecule has 1 aromatic carbocycles. The molecular formula is C19H19N3OS. The fraction of sp³-hybridized carbons (Fsp3) is 0.263. The second-order valence-corrected chi connectivity index (χ2v) is 7.19. The lowest BCUT2D eigenvalue weighted by Gasteiger charge is -2.27. The molecule has 1 N–H and O–H groups in total. The first-order valence-corrected chi connectivity index (χ1v) is 8.95. The summed E-state index contributed by atoms with van der Waals surface area (Å²) in [7, 11) is 0. The molecule has 4 rings (SSSR count). The molecule has 122 valence electrons. The summed E-state index contributed by atoms with van der Waals surface area (Å²) >= 11 is 1.71. The van der Waals surface area contributed by atoms with Crippen LogP contribution < -0.4 is 10.1 Å². The molecule has 0 amide bonds. The summed E-state index contributed by atoms with van der Waals surface area (Å²) in [6.07, 6.45) is 6.61. The van der Waals surface area contributed by atoms with E-state index in [0.717, 1.165) is 36.0 Å². The molecule has 0 radical (unpaired) electrons. The maximum Gasteiger partial charge on any atom is 0.123 e. The first-order chi connectivity index (χ1) is 11.8. The van der Waals surface area contributed by atoms with Crippen molar-refractivity contribution >= 4 is 17.0 Å². The van der Waals surface area contributed by atoms with E-state index in [1.165, 1.54) is 16.0 Å². The van der Waals surface area contributed by atoms with Crippen LogP contribution in [-0.2, 0) is 0 Å². The second-order valence-electron chi connectivity index (χ2n) is 5.95. The molecule has 3 aromatic rings. The van der Waals surface area contributed by atoms with E-state index in [9.17, 15) is 0 Å². The number of nitrogens with one attached hydrogen (secondary N) is 1. The summed E-state index contributed by atoms with van der Waals surface area (Å²) in [5, 5.41) is 4.56. The van der Waals surface area contributed by atoms with Crippen LogP contribution in [0.4, 0.5) is 5.69 Å². The number of rotatable bonds is 4. The average molecular weight is 337 g/mol. The highest BCUT2D eigenvalue weighted by atomic mass is 32.1. The molecule has 0 bridgehead atoms. The van der Waals surface area contributed by atoms with Gasteiger partial charge in [0, 0.05) is 31.1 Å². The number of aryl methyl sites for hydroxylation is 1. The van der Waals surface area contributed by atoms with Crippen molar-refractivity contribution in [2.24, 2.45) is 0 Å². The highest BCUT2D eigenvalue weighted by molar-refractivity contribution is 7.15. The molecule has 24 heavy (non-hydrogen) atoms. The SMILES string of the molecule is Cc1ncc(-c2ccc3c(c2)OCC[C@@H]3CNc2cccnc2)s1. The predicted octanol–water partition coefficient (Wildman–Crippen LogP) is 4.49. The molecule has 5 heteroatoms. The Morgan fingerprint density at radius 2 is 2.25 bits per heavy atom. The van der Waals surface area contributed by atoms with Crippen molar-refractivity contribution in [1.29, 1.82) is 0 Å². The molecule has 2 aromatic heterocycles. The Morgan fingerprint density at radius 1 is 1.29 bits per heavy atom. The van der Waals surface area contributed by atoms with E-state index in [1.807, 2.05) is 31.5 Å². The summed E-state index contributed by atoms with van der Waals surface area (Å²) < 4.78 is 5.92. The standard InChI is InChI=1S/C19H19N3OS/c1-13-21-12-19(24-13)14-4-5-17-15(6-8-23-18(17)9-14)10-22-16-3-2-7-20-11-16/h2-5,7,9,11-12,15,22H,6,8,10H2,1H3/t15-/m1/s1. The van der Waals surface area contributed by atoms with Crippen LogP contribution in [0.2, 0.25) is 0 Å². The number of anilines is 1. The third-order valence-electron chi connectivity index (χ3n) is 4.30. The maximum absolute atomic E-state index is 5.92. The number of hydrogen-bond donors (Lipinski definition) is 1. The zero-order chi connectivity index (χ0) is 16.4. The fourth-order valence-electron chi connectivity index (χ4n) is 3.03. The largest absolute Gasteiger partial charge is 0.493 e. The predicted molar refractivity (Wildman–Crippen MR) is 97.9 cm³/mol. The Kier molecular flexibility index (Phi) is 4.17. The van der Waals surface area contributed by atoms with Gasteiger partial charge in [-0.25, -0.2) is 4.98 Å². The van der Waals surface area contributed by atoms with Gasteiger partial charge in [0.1, 0.15) is 5.75 Å². The highest BCUT2D eigenvalue weighted by Gasteiger charge is 2.22. The first-order valence-electron chi connectivity index (χ1n) is 8.13. The number of aromatic nitrogens is 2. The Bertz CT molecular complexity index is 832. The molecule has 1 aliphatic rings. The van der Waals surface area contributed by atoms with E-state index in [1.54, 1.807) is 17.5 Å². The number of fused-ring (bicyclic) bond motifs is 1. The molecule has 1 atom stereocenters. The van der Waals surface area contributed by atoms with Gasteiger partial charge in [0.15, 0.2) is 0 Å². The van der Waals surface area contributed by atoms with Crippen molar-refractivity contribution < 1.29 is 4.74 Å². The van der Waals surface area contributed by atoms with Crippen LogP contribution in [0, 0.1) is 6.92 Å². The van der Waals surface area contributed by atoms with Crippen LogP contribution in [0.5, 0.6) is 5.75 Å². The Balaban J connectivity index is 1.54. The average Bonchev–Trinajstić information content (AvgIpc) is 3.07. The van der Waals surface area contributed by atoms with Crippen LogP contribution >= 0.6 is 11.3 Å². The number of ether oxygens (including phenoxy) is 1. The zero-order valence-electron chi connectivity index (χ0n) is 13.5. The van der Waals surface area contributed by atoms with E-state index < -0.39 is 0 Å². The summed E-state index contributed by atoms with van der Waals surface area (Å²) in [6, 6.07) is 10.5. The molecule has 0 saturated carbocycles. The lowest BCUT2D eigenvalue weighted by molar-refractivity contribution is 0.270. The van der Waals surface area contributed by atoms with Crippen LogP contribution in [0.3, 0.4) is 0 Å². The lowest BCUT2D eigenvalue weighted by Crippen LogP contribution is -2.20. The third-order valence-corrected chi connectivity index (χ3v) is 5.26. The van der Waals surface area contributed by atoms with Crippen LogP contribution in [-0.4, -0.2) is 23.1 Å². The van der Waals surface area contributed by atoms with E-state index in [-0.39, 0.29) is 0 Å². The highest BCUT2D eigenvalue weighted by Crippen LogP contribution is 2.38. The van der Waals surface area contributed by atoms with Gasteiger partial charge < -0.3 is 10.1 Å². The molecule has 0 unspecified atom stereocenters. The fourth-order valence-corrected chi connectivity index (χ4v) is 3.81. The minimum atomic E-state index is 0.450. The van der Waals surface area contributed by atoms with Gasteiger partial charge >= 0.3 is 0 Å². The summed E-state index contributed by atoms with van der Waals surface area (Å²) in [5.74, 6) is 1.45. The summed E-state index contributed by atoms with van der Waals surface area (Å²) in [4.78, 5) is 9.68. The monoisotopic (exact) mass is 337 g/mol. The molecule has 0 saturated heterocycles. The Labute approximate surface area is 145 Å². The minimum Gasteiger partial charge on any atom is -0.493 e. The zero-order valence-corrected chi connectivity index (χ0v) is 14.3. The van der Waals surface area contributed by atoms with E-state index in [2.05, 4.69) is 33.5 Å². The van der Waals surface area contributed by atoms with Crippen molar-refractivity contribution in [3.05, 3.63) is 59.5 Å². The van der Waals surface area contributed by atoms with Gasteiger partial charge in [-0.15, -0.1) is 11.3 Å². The van der Waals surface area contributed by atoms with E-state index >= 15 is 0 Å². The van der Waals surface area contributed by atoms with Crippen molar-refractivity contribution in [3.8, 4) is 16.2 Å². The van der Waals surface area contributed by atoms with Gasteiger partial charge in [0.25, 0.3) is 0 Å². The van der Waals surface area contributed by atoms with Crippen LogP contribution in [0.15, 0.2) is 48.9 Å². The normalized spacial score (nSPS) is 16.3. The Hall–Kier alpha value is -2.40. The van der Waals surface area contributed by atoms with Crippen molar-refractivity contribution in [3.63, 3.8) is 0 Å². The number of benzene rings is 1. The molecule has 0 aliphatic carbocycles. The van der Waals surface area contributed by atoms with Crippen molar-refractivity contribution in [2.45, 2.75) is 19.3 Å². The molecular weight excluding hydrogens is 318 g/mol. The summed E-state index contributed by atoms with van der Waals surface area (Å²) in [6.45, 7) is 3.68. The van der Waals surface area contributed by atoms with Gasteiger partial charge in [-0.2, -0.15) is 0 Å². The molecule has 0 spiro atoms. The first kappa shape index (κ1) is 15.1. The lowest BCUT2D eigenvalue weighted by atomic mass is 9.92. The number of pyridine rings is 1. The molecule has 1 aliphatic heterocycles. The van der Waals surface area contributed by atoms with Crippen molar-refractivity contribution in [2.75, 3.05) is 18.5 Å². The summed E-state index contributed by atoms with van der Waals surface area (Å²) in [5.41, 5.74) is 3.52. The van der Waals surface area contributed by atoms with Crippen LogP contribution in [0.25, 0.3) is 10.4 Å². The van der Waals surface area contributed by atoms with Gasteiger partial charge in [-0.1, -0.05) is 12.1 Å². The minimum absolute atomic E-state index is 0.450. The molecule has 3 heterocycles. The van der Waals surface area contributed by atoms with Crippen molar-refractivity contribution in [1.82, 2.24) is 9.97 Å². The topological polar surface area (TPSA) is 47.0 Å². The Morgan fingerprint density at radius 3 is 3.04 bits per heavy atom. The second kappa shape index (κ2) is 6.61. The molecule has 0 fully saturated rings. The van der Waals surface area contributed by atoms with Gasteiger partial charge in [-0.05, 0) is 42.7 Å². The number of thiazole rings is 1. The quantitative estimate of drug-likeness (QED) is 0.762. The van der Waals surface area contributed by atoms with E-state index in [0.29, 0.717) is 5.92 Å². The third kappa shape index (κ3) is 3.12. The number of nitrogens with zero attached hydrogens (tertiary/aromatic N) is 2. The van der Waals surface area contributed by atoms with Crippen LogP contribution in [0.1, 0.15) is 22.9 Å².